The van der Waals surface area contributed by atoms with Crippen LogP contribution < -0.4 is 5.32 Å². The third-order valence-corrected chi connectivity index (χ3v) is 6.42. The maximum atomic E-state index is 12.8. The molecule has 0 aliphatic carbocycles. The molecule has 2 aromatic rings. The maximum absolute atomic E-state index is 12.8. The molecule has 0 saturated carbocycles. The molecule has 1 aromatic carbocycles. The smallest absolute Gasteiger partial charge is 0.243 e. The van der Waals surface area contributed by atoms with Crippen molar-refractivity contribution in [3.63, 3.8) is 0 Å². The van der Waals surface area contributed by atoms with Gasteiger partial charge >= 0.3 is 0 Å². The van der Waals surface area contributed by atoms with Crippen molar-refractivity contribution < 1.29 is 13.5 Å². The van der Waals surface area contributed by atoms with Crippen LogP contribution >= 0.6 is 11.3 Å². The first-order valence-corrected chi connectivity index (χ1v) is 9.30. The van der Waals surface area contributed by atoms with Gasteiger partial charge in [-0.3, -0.25) is 0 Å². The zero-order valence-electron chi connectivity index (χ0n) is 13.4. The van der Waals surface area contributed by atoms with Crippen molar-refractivity contribution in [3.05, 3.63) is 57.3 Å². The number of fused-ring (bicyclic) bond motifs is 2. The summed E-state index contributed by atoms with van der Waals surface area (Å²) in [6.45, 7) is 1.56. The molecule has 1 spiro atoms. The Balaban J connectivity index is 1.65. The van der Waals surface area contributed by atoms with Gasteiger partial charge in [0.1, 0.15) is 5.60 Å². The van der Waals surface area contributed by atoms with E-state index in [1.807, 2.05) is 12.1 Å². The molecule has 1 N–H and O–H groups in total. The third kappa shape index (κ3) is 3.01. The number of ether oxygens (including phenoxy) is 1. The van der Waals surface area contributed by atoms with Gasteiger partial charge in [-0.05, 0) is 36.6 Å². The summed E-state index contributed by atoms with van der Waals surface area (Å²) in [5, 5.41) is 3.58. The lowest BCUT2D eigenvalue weighted by Gasteiger charge is -2.43. The molecule has 4 rings (SSSR count). The highest BCUT2D eigenvalue weighted by Gasteiger charge is 2.44. The summed E-state index contributed by atoms with van der Waals surface area (Å²) in [5.41, 5.74) is 2.16. The standard InChI is InChI=1S/C19H21F2NOS/c20-17(21)11-15-10-14-6-9-23-19(18(14)24-15)7-8-22-16(12-19)13-4-2-1-3-5-13/h1-5,10,16-17,22H,6-9,11-12H2. The SMILES string of the molecule is FC(F)Cc1cc2c(s1)C1(CCNC(c3ccccc3)C1)OCC2. The average molecular weight is 349 g/mol. The fourth-order valence-electron chi connectivity index (χ4n) is 3.94. The molecule has 3 heterocycles. The van der Waals surface area contributed by atoms with Crippen molar-refractivity contribution in [1.82, 2.24) is 5.32 Å². The largest absolute Gasteiger partial charge is 0.369 e. The summed E-state index contributed by atoms with van der Waals surface area (Å²) in [5.74, 6) is 0. The second-order valence-electron chi connectivity index (χ2n) is 6.63. The minimum atomic E-state index is -2.29. The van der Waals surface area contributed by atoms with Crippen molar-refractivity contribution in [2.45, 2.75) is 43.8 Å². The van der Waals surface area contributed by atoms with E-state index in [9.17, 15) is 8.78 Å². The minimum Gasteiger partial charge on any atom is -0.369 e. The van der Waals surface area contributed by atoms with E-state index in [1.165, 1.54) is 27.3 Å². The van der Waals surface area contributed by atoms with Gasteiger partial charge in [0.15, 0.2) is 0 Å². The van der Waals surface area contributed by atoms with E-state index in [0.717, 1.165) is 30.7 Å². The number of halogens is 2. The monoisotopic (exact) mass is 349 g/mol. The molecule has 5 heteroatoms. The Hall–Kier alpha value is -1.30. The van der Waals surface area contributed by atoms with Crippen molar-refractivity contribution >= 4 is 11.3 Å². The Labute approximate surface area is 144 Å². The Morgan fingerprint density at radius 3 is 2.92 bits per heavy atom. The predicted octanol–water partition coefficient (Wildman–Crippen LogP) is 4.45. The lowest BCUT2D eigenvalue weighted by Crippen LogP contribution is -2.45. The molecule has 1 saturated heterocycles. The Kier molecular flexibility index (Phi) is 4.41. The van der Waals surface area contributed by atoms with E-state index < -0.39 is 6.43 Å². The Morgan fingerprint density at radius 2 is 2.12 bits per heavy atom. The third-order valence-electron chi connectivity index (χ3n) is 5.03. The molecule has 1 aromatic heterocycles. The molecule has 2 nitrogen and oxygen atoms in total. The fourth-order valence-corrected chi connectivity index (χ4v) is 5.34. The fraction of sp³-hybridized carbons (Fsp3) is 0.474. The van der Waals surface area contributed by atoms with Crippen LogP contribution in [0, 0.1) is 0 Å². The molecule has 2 aliphatic rings. The maximum Gasteiger partial charge on any atom is 0.243 e. The lowest BCUT2D eigenvalue weighted by molar-refractivity contribution is -0.0868. The summed E-state index contributed by atoms with van der Waals surface area (Å²) in [4.78, 5) is 1.97. The van der Waals surface area contributed by atoms with Crippen molar-refractivity contribution in [3.8, 4) is 0 Å². The van der Waals surface area contributed by atoms with E-state index in [4.69, 9.17) is 4.74 Å². The first-order chi connectivity index (χ1) is 11.7. The number of hydrogen-bond acceptors (Lipinski definition) is 3. The number of piperidine rings is 1. The van der Waals surface area contributed by atoms with Crippen LogP contribution in [-0.4, -0.2) is 19.6 Å². The molecule has 0 bridgehead atoms. The van der Waals surface area contributed by atoms with Crippen LogP contribution in [0.5, 0.6) is 0 Å². The lowest BCUT2D eigenvalue weighted by atomic mass is 9.81. The van der Waals surface area contributed by atoms with Crippen molar-refractivity contribution in [2.24, 2.45) is 0 Å². The summed E-state index contributed by atoms with van der Waals surface area (Å²) >= 11 is 1.53. The number of benzene rings is 1. The molecular weight excluding hydrogens is 328 g/mol. The molecule has 128 valence electrons. The summed E-state index contributed by atoms with van der Waals surface area (Å²) in [6.07, 6.45) is 0.164. The molecule has 2 unspecified atom stereocenters. The molecular formula is C19H21F2NOS. The second-order valence-corrected chi connectivity index (χ2v) is 7.76. The number of hydrogen-bond donors (Lipinski definition) is 1. The van der Waals surface area contributed by atoms with Crippen molar-refractivity contribution in [2.75, 3.05) is 13.2 Å². The van der Waals surface area contributed by atoms with E-state index in [-0.39, 0.29) is 18.1 Å². The molecule has 0 radical (unpaired) electrons. The molecule has 2 atom stereocenters. The highest BCUT2D eigenvalue weighted by Crippen LogP contribution is 2.48. The zero-order valence-corrected chi connectivity index (χ0v) is 14.3. The Morgan fingerprint density at radius 1 is 1.29 bits per heavy atom. The normalized spacial score (nSPS) is 26.7. The molecule has 0 amide bonds. The van der Waals surface area contributed by atoms with E-state index in [1.54, 1.807) is 0 Å². The van der Waals surface area contributed by atoms with Crippen molar-refractivity contribution in [1.29, 1.82) is 0 Å². The van der Waals surface area contributed by atoms with Gasteiger partial charge in [-0.25, -0.2) is 8.78 Å². The summed E-state index contributed by atoms with van der Waals surface area (Å²) in [6, 6.07) is 12.6. The second kappa shape index (κ2) is 6.54. The topological polar surface area (TPSA) is 21.3 Å². The van der Waals surface area contributed by atoms with Gasteiger partial charge in [-0.2, -0.15) is 0 Å². The van der Waals surface area contributed by atoms with Crippen LogP contribution in [0.3, 0.4) is 0 Å². The first kappa shape index (κ1) is 16.2. The van der Waals surface area contributed by atoms with Gasteiger partial charge < -0.3 is 10.1 Å². The highest BCUT2D eigenvalue weighted by atomic mass is 32.1. The highest BCUT2D eigenvalue weighted by molar-refractivity contribution is 7.12. The van der Waals surface area contributed by atoms with Crippen LogP contribution in [0.15, 0.2) is 36.4 Å². The number of nitrogens with one attached hydrogen (secondary N) is 1. The Bertz CT molecular complexity index is 703. The van der Waals surface area contributed by atoms with Gasteiger partial charge in [0, 0.05) is 28.6 Å². The van der Waals surface area contributed by atoms with E-state index in [2.05, 4.69) is 29.6 Å². The predicted molar refractivity (Wildman–Crippen MR) is 91.8 cm³/mol. The van der Waals surface area contributed by atoms with Crippen LogP contribution in [0.2, 0.25) is 0 Å². The van der Waals surface area contributed by atoms with Gasteiger partial charge in [0.2, 0.25) is 6.43 Å². The van der Waals surface area contributed by atoms with Crippen LogP contribution in [0.1, 0.15) is 39.8 Å². The summed E-state index contributed by atoms with van der Waals surface area (Å²) in [7, 11) is 0. The first-order valence-electron chi connectivity index (χ1n) is 8.49. The van der Waals surface area contributed by atoms with Crippen LogP contribution in [-0.2, 0) is 23.2 Å². The van der Waals surface area contributed by atoms with Crippen LogP contribution in [0.4, 0.5) is 8.78 Å². The van der Waals surface area contributed by atoms with Gasteiger partial charge in [-0.1, -0.05) is 30.3 Å². The molecule has 1 fully saturated rings. The average Bonchev–Trinajstić information content (AvgIpc) is 2.99. The number of alkyl halides is 2. The molecule has 24 heavy (non-hydrogen) atoms. The van der Waals surface area contributed by atoms with E-state index in [0.29, 0.717) is 6.61 Å². The number of rotatable bonds is 3. The summed E-state index contributed by atoms with van der Waals surface area (Å²) < 4.78 is 31.8. The number of thiophene rings is 1. The van der Waals surface area contributed by atoms with Gasteiger partial charge in [0.05, 0.1) is 6.61 Å². The molecule has 2 aliphatic heterocycles. The zero-order chi connectivity index (χ0) is 16.6. The van der Waals surface area contributed by atoms with Crippen LogP contribution in [0.25, 0.3) is 0 Å². The van der Waals surface area contributed by atoms with Gasteiger partial charge in [0.25, 0.3) is 0 Å². The minimum absolute atomic E-state index is 0.145. The van der Waals surface area contributed by atoms with E-state index >= 15 is 0 Å². The van der Waals surface area contributed by atoms with Gasteiger partial charge in [-0.15, -0.1) is 11.3 Å². The quantitative estimate of drug-likeness (QED) is 0.884.